The summed E-state index contributed by atoms with van der Waals surface area (Å²) in [6, 6.07) is 17.2. The maximum atomic E-state index is 12.1. The fourth-order valence-corrected chi connectivity index (χ4v) is 2.77. The highest BCUT2D eigenvalue weighted by atomic mass is 16.5. The van der Waals surface area contributed by atoms with Crippen LogP contribution in [0.4, 0.5) is 5.69 Å². The molecule has 0 saturated carbocycles. The molecule has 120 valence electrons. The molecule has 4 rings (SSSR count). The molecule has 3 aromatic rings. The van der Waals surface area contributed by atoms with Crippen LogP contribution in [0.15, 0.2) is 59.0 Å². The van der Waals surface area contributed by atoms with E-state index in [-0.39, 0.29) is 24.9 Å². The summed E-state index contributed by atoms with van der Waals surface area (Å²) in [6.07, 6.45) is 0.142. The van der Waals surface area contributed by atoms with E-state index in [1.54, 1.807) is 0 Å². The number of hydrogen-bond acceptors (Lipinski definition) is 4. The van der Waals surface area contributed by atoms with Crippen LogP contribution in [0.25, 0.3) is 22.3 Å². The first-order valence-corrected chi connectivity index (χ1v) is 7.74. The van der Waals surface area contributed by atoms with Gasteiger partial charge in [0.1, 0.15) is 18.0 Å². The summed E-state index contributed by atoms with van der Waals surface area (Å²) in [5, 5.41) is 3.86. The second kappa shape index (κ2) is 5.85. The van der Waals surface area contributed by atoms with Gasteiger partial charge in [0.15, 0.2) is 0 Å². The van der Waals surface area contributed by atoms with Crippen molar-refractivity contribution in [1.82, 2.24) is 0 Å². The molecule has 24 heavy (non-hydrogen) atoms. The smallest absolute Gasteiger partial charge is 0.306 e. The summed E-state index contributed by atoms with van der Waals surface area (Å²) in [4.78, 5) is 23.1. The predicted molar refractivity (Wildman–Crippen MR) is 89.3 cm³/mol. The van der Waals surface area contributed by atoms with Gasteiger partial charge in [0.2, 0.25) is 5.91 Å². The summed E-state index contributed by atoms with van der Waals surface area (Å²) >= 11 is 0. The molecule has 0 radical (unpaired) electrons. The minimum atomic E-state index is -0.410. The molecular weight excluding hydrogens is 306 g/mol. The minimum absolute atomic E-state index is 0.142. The van der Waals surface area contributed by atoms with Gasteiger partial charge in [0, 0.05) is 16.6 Å². The van der Waals surface area contributed by atoms with Crippen LogP contribution in [-0.2, 0) is 14.3 Å². The van der Waals surface area contributed by atoms with Gasteiger partial charge < -0.3 is 14.5 Å². The van der Waals surface area contributed by atoms with Gasteiger partial charge in [-0.2, -0.15) is 0 Å². The summed E-state index contributed by atoms with van der Waals surface area (Å²) in [6.45, 7) is 0.154. The number of esters is 1. The summed E-state index contributed by atoms with van der Waals surface area (Å²) in [5.74, 6) is -0.149. The Hall–Kier alpha value is -3.08. The van der Waals surface area contributed by atoms with E-state index in [4.69, 9.17) is 9.15 Å². The molecular formula is C19H15NO4. The zero-order valence-electron chi connectivity index (χ0n) is 12.8. The maximum Gasteiger partial charge on any atom is 0.306 e. The number of benzene rings is 2. The van der Waals surface area contributed by atoms with Crippen LogP contribution in [0.5, 0.6) is 0 Å². The third kappa shape index (κ3) is 2.76. The third-order valence-electron chi connectivity index (χ3n) is 4.09. The lowest BCUT2D eigenvalue weighted by molar-refractivity contribution is -0.137. The van der Waals surface area contributed by atoms with Crippen LogP contribution in [0.3, 0.4) is 0 Å². The van der Waals surface area contributed by atoms with Gasteiger partial charge >= 0.3 is 5.97 Å². The van der Waals surface area contributed by atoms with Crippen LogP contribution in [-0.4, -0.2) is 18.5 Å². The van der Waals surface area contributed by atoms with Crippen molar-refractivity contribution in [2.45, 2.75) is 6.42 Å². The topological polar surface area (TPSA) is 68.5 Å². The summed E-state index contributed by atoms with van der Waals surface area (Å²) in [5.41, 5.74) is 2.46. The lowest BCUT2D eigenvalue weighted by Crippen LogP contribution is -2.22. The molecule has 1 aliphatic heterocycles. The van der Waals surface area contributed by atoms with Crippen molar-refractivity contribution in [3.05, 3.63) is 54.6 Å². The second-order valence-corrected chi connectivity index (χ2v) is 5.80. The Morgan fingerprint density at radius 3 is 2.58 bits per heavy atom. The van der Waals surface area contributed by atoms with E-state index in [0.29, 0.717) is 5.69 Å². The van der Waals surface area contributed by atoms with E-state index >= 15 is 0 Å². The number of carbonyl (C=O) groups excluding carboxylic acids is 2. The normalized spacial score (nSPS) is 17.0. The lowest BCUT2D eigenvalue weighted by Gasteiger charge is -2.08. The van der Waals surface area contributed by atoms with E-state index in [0.717, 1.165) is 22.3 Å². The average Bonchev–Trinajstić information content (AvgIpc) is 3.21. The van der Waals surface area contributed by atoms with Crippen molar-refractivity contribution in [3.8, 4) is 11.3 Å². The molecule has 5 nitrogen and oxygen atoms in total. The van der Waals surface area contributed by atoms with Gasteiger partial charge in [-0.25, -0.2) is 0 Å². The fraction of sp³-hybridized carbons (Fsp3) is 0.158. The highest BCUT2D eigenvalue weighted by Gasteiger charge is 2.29. The van der Waals surface area contributed by atoms with Crippen LogP contribution >= 0.6 is 0 Å². The van der Waals surface area contributed by atoms with Crippen molar-refractivity contribution >= 4 is 28.5 Å². The molecule has 1 atom stereocenters. The number of furan rings is 1. The molecule has 1 aliphatic rings. The Bertz CT molecular complexity index is 878. The first kappa shape index (κ1) is 14.5. The number of carbonyl (C=O) groups is 2. The molecule has 1 N–H and O–H groups in total. The molecule has 1 amide bonds. The SMILES string of the molecule is O=C1CC(C(=O)Nc2ccc(-c3cc4ccccc4o3)cc2)CO1. The van der Waals surface area contributed by atoms with E-state index in [1.165, 1.54) is 0 Å². The maximum absolute atomic E-state index is 12.1. The van der Waals surface area contributed by atoms with Crippen molar-refractivity contribution in [2.75, 3.05) is 11.9 Å². The van der Waals surface area contributed by atoms with Crippen LogP contribution in [0, 0.1) is 5.92 Å². The monoisotopic (exact) mass is 321 g/mol. The first-order chi connectivity index (χ1) is 11.7. The number of amides is 1. The number of cyclic esters (lactones) is 1. The highest BCUT2D eigenvalue weighted by molar-refractivity contribution is 5.96. The van der Waals surface area contributed by atoms with E-state index in [1.807, 2.05) is 54.6 Å². The molecule has 1 aromatic heterocycles. The number of rotatable bonds is 3. The molecule has 1 fully saturated rings. The van der Waals surface area contributed by atoms with Gasteiger partial charge in [-0.1, -0.05) is 18.2 Å². The Labute approximate surface area is 138 Å². The molecule has 0 spiro atoms. The van der Waals surface area contributed by atoms with Gasteiger partial charge in [0.05, 0.1) is 12.3 Å². The minimum Gasteiger partial charge on any atom is -0.465 e. The zero-order valence-corrected chi connectivity index (χ0v) is 12.8. The van der Waals surface area contributed by atoms with Crippen molar-refractivity contribution in [2.24, 2.45) is 5.92 Å². The number of hydrogen-bond donors (Lipinski definition) is 1. The van der Waals surface area contributed by atoms with Crippen LogP contribution in [0.2, 0.25) is 0 Å². The molecule has 2 aromatic carbocycles. The number of anilines is 1. The molecule has 1 unspecified atom stereocenters. The van der Waals surface area contributed by atoms with Crippen LogP contribution < -0.4 is 5.32 Å². The number of para-hydroxylation sites is 1. The standard InChI is InChI=1S/C19H15NO4/c21-18-10-14(11-23-18)19(22)20-15-7-5-12(6-8-15)17-9-13-3-1-2-4-16(13)24-17/h1-9,14H,10-11H2,(H,20,22). The molecule has 2 heterocycles. The number of ether oxygens (including phenoxy) is 1. The van der Waals surface area contributed by atoms with Crippen molar-refractivity contribution in [3.63, 3.8) is 0 Å². The molecule has 5 heteroatoms. The highest BCUT2D eigenvalue weighted by Crippen LogP contribution is 2.28. The molecule has 0 aliphatic carbocycles. The summed E-state index contributed by atoms with van der Waals surface area (Å²) < 4.78 is 10.6. The number of nitrogens with one attached hydrogen (secondary N) is 1. The lowest BCUT2D eigenvalue weighted by atomic mass is 10.1. The molecule has 0 bridgehead atoms. The first-order valence-electron chi connectivity index (χ1n) is 7.74. The fourth-order valence-electron chi connectivity index (χ4n) is 2.77. The van der Waals surface area contributed by atoms with Gasteiger partial charge in [0.25, 0.3) is 0 Å². The van der Waals surface area contributed by atoms with E-state index in [9.17, 15) is 9.59 Å². The zero-order chi connectivity index (χ0) is 16.5. The second-order valence-electron chi connectivity index (χ2n) is 5.80. The predicted octanol–water partition coefficient (Wildman–Crippen LogP) is 3.60. The average molecular weight is 321 g/mol. The molecule has 1 saturated heterocycles. The number of fused-ring (bicyclic) bond motifs is 1. The summed E-state index contributed by atoms with van der Waals surface area (Å²) in [7, 11) is 0. The Kier molecular flexibility index (Phi) is 3.54. The van der Waals surface area contributed by atoms with E-state index in [2.05, 4.69) is 5.32 Å². The Morgan fingerprint density at radius 1 is 1.08 bits per heavy atom. The van der Waals surface area contributed by atoms with E-state index < -0.39 is 5.92 Å². The van der Waals surface area contributed by atoms with Gasteiger partial charge in [-0.3, -0.25) is 9.59 Å². The van der Waals surface area contributed by atoms with Gasteiger partial charge in [-0.05, 0) is 36.4 Å². The Morgan fingerprint density at radius 2 is 1.88 bits per heavy atom. The van der Waals surface area contributed by atoms with Crippen molar-refractivity contribution < 1.29 is 18.7 Å². The largest absolute Gasteiger partial charge is 0.465 e. The quantitative estimate of drug-likeness (QED) is 0.748. The van der Waals surface area contributed by atoms with Crippen molar-refractivity contribution in [1.29, 1.82) is 0 Å². The Balaban J connectivity index is 1.50. The van der Waals surface area contributed by atoms with Gasteiger partial charge in [-0.15, -0.1) is 0 Å². The third-order valence-corrected chi connectivity index (χ3v) is 4.09. The van der Waals surface area contributed by atoms with Crippen LogP contribution in [0.1, 0.15) is 6.42 Å².